The maximum absolute atomic E-state index is 13.6. The first-order valence-corrected chi connectivity index (χ1v) is 8.37. The Morgan fingerprint density at radius 2 is 1.93 bits per heavy atom. The Kier molecular flexibility index (Phi) is 7.31. The maximum atomic E-state index is 13.6. The van der Waals surface area contributed by atoms with Gasteiger partial charge < -0.3 is 14.2 Å². The van der Waals surface area contributed by atoms with Crippen LogP contribution in [0.25, 0.3) is 0 Å². The van der Waals surface area contributed by atoms with Crippen LogP contribution in [0.3, 0.4) is 0 Å². The van der Waals surface area contributed by atoms with Crippen molar-refractivity contribution in [1.82, 2.24) is 5.43 Å². The molecule has 0 spiro atoms. The van der Waals surface area contributed by atoms with E-state index in [-0.39, 0.29) is 5.75 Å². The summed E-state index contributed by atoms with van der Waals surface area (Å²) in [5, 5.41) is 4.10. The van der Waals surface area contributed by atoms with E-state index in [1.807, 2.05) is 18.2 Å². The lowest BCUT2D eigenvalue weighted by Crippen LogP contribution is -2.34. The Bertz CT molecular complexity index is 823. The van der Waals surface area contributed by atoms with Gasteiger partial charge in [0, 0.05) is 12.7 Å². The van der Waals surface area contributed by atoms with Crippen molar-refractivity contribution < 1.29 is 23.4 Å². The molecule has 0 heterocycles. The van der Waals surface area contributed by atoms with Crippen molar-refractivity contribution in [2.75, 3.05) is 14.2 Å². The molecule has 0 fully saturated rings. The quantitative estimate of drug-likeness (QED) is 0.569. The average Bonchev–Trinajstić information content (AvgIpc) is 2.67. The summed E-state index contributed by atoms with van der Waals surface area (Å²) in [5.74, 6) is -0.284. The van der Waals surface area contributed by atoms with Crippen LogP contribution in [0.1, 0.15) is 25.0 Å². The van der Waals surface area contributed by atoms with E-state index in [0.717, 1.165) is 11.1 Å². The first-order valence-electron chi connectivity index (χ1n) is 8.37. The molecule has 0 aliphatic rings. The maximum Gasteiger partial charge on any atom is 0.280 e. The van der Waals surface area contributed by atoms with Gasteiger partial charge in [-0.05, 0) is 49.7 Å². The molecule has 1 amide bonds. The Morgan fingerprint density at radius 3 is 2.59 bits per heavy atom. The van der Waals surface area contributed by atoms with Gasteiger partial charge in [-0.1, -0.05) is 12.1 Å². The predicted octanol–water partition coefficient (Wildman–Crippen LogP) is 3.29. The third-order valence-electron chi connectivity index (χ3n) is 3.84. The number of amides is 1. The molecule has 0 saturated heterocycles. The van der Waals surface area contributed by atoms with Crippen molar-refractivity contribution in [2.24, 2.45) is 5.10 Å². The van der Waals surface area contributed by atoms with Crippen molar-refractivity contribution in [3.05, 3.63) is 59.4 Å². The standard InChI is InChI=1S/C20H23FN2O4/c1-13(15-9-10-18(26-4)16(11-15)12-25-3)22-23-20(24)14(2)27-19-8-6-5-7-17(19)21/h5-11,14H,12H2,1-4H3,(H,23,24)/b22-13-/t14-/m0/s1. The van der Waals surface area contributed by atoms with E-state index in [4.69, 9.17) is 14.2 Å². The lowest BCUT2D eigenvalue weighted by atomic mass is 10.1. The summed E-state index contributed by atoms with van der Waals surface area (Å²) in [7, 11) is 3.19. The Morgan fingerprint density at radius 1 is 1.19 bits per heavy atom. The molecule has 0 aliphatic heterocycles. The highest BCUT2D eigenvalue weighted by Gasteiger charge is 2.16. The number of carbonyl (C=O) groups is 1. The second-order valence-corrected chi connectivity index (χ2v) is 5.82. The molecule has 7 heteroatoms. The van der Waals surface area contributed by atoms with E-state index in [1.165, 1.54) is 19.1 Å². The van der Waals surface area contributed by atoms with Gasteiger partial charge >= 0.3 is 0 Å². The van der Waals surface area contributed by atoms with Crippen LogP contribution in [-0.4, -0.2) is 31.9 Å². The smallest absolute Gasteiger partial charge is 0.280 e. The summed E-state index contributed by atoms with van der Waals surface area (Å²) in [6.07, 6.45) is -0.904. The zero-order valence-electron chi connectivity index (χ0n) is 15.8. The van der Waals surface area contributed by atoms with Crippen LogP contribution in [0.2, 0.25) is 0 Å². The number of rotatable bonds is 8. The highest BCUT2D eigenvalue weighted by atomic mass is 19.1. The lowest BCUT2D eigenvalue weighted by Gasteiger charge is -2.14. The molecule has 2 aromatic rings. The molecule has 0 aromatic heterocycles. The van der Waals surface area contributed by atoms with Gasteiger partial charge in [0.05, 0.1) is 19.4 Å². The number of halogens is 1. The predicted molar refractivity (Wildman–Crippen MR) is 101 cm³/mol. The minimum atomic E-state index is -0.904. The van der Waals surface area contributed by atoms with Crippen LogP contribution in [0.5, 0.6) is 11.5 Å². The van der Waals surface area contributed by atoms with E-state index >= 15 is 0 Å². The fourth-order valence-electron chi connectivity index (χ4n) is 2.35. The minimum absolute atomic E-state index is 0.0141. The van der Waals surface area contributed by atoms with Gasteiger partial charge in [0.15, 0.2) is 17.7 Å². The topological polar surface area (TPSA) is 69.2 Å². The molecule has 1 atom stereocenters. The van der Waals surface area contributed by atoms with Crippen LogP contribution < -0.4 is 14.9 Å². The molecule has 1 N–H and O–H groups in total. The molecule has 2 rings (SSSR count). The molecule has 27 heavy (non-hydrogen) atoms. The number of nitrogens with zero attached hydrogens (tertiary/aromatic N) is 1. The summed E-state index contributed by atoms with van der Waals surface area (Å²) in [5.41, 5.74) is 4.72. The zero-order valence-corrected chi connectivity index (χ0v) is 15.8. The summed E-state index contributed by atoms with van der Waals surface area (Å²) in [4.78, 5) is 12.2. The second-order valence-electron chi connectivity index (χ2n) is 5.82. The molecular formula is C20H23FN2O4. The second kappa shape index (κ2) is 9.68. The number of methoxy groups -OCH3 is 2. The van der Waals surface area contributed by atoms with E-state index < -0.39 is 17.8 Å². The van der Waals surface area contributed by atoms with Crippen molar-refractivity contribution in [3.63, 3.8) is 0 Å². The summed E-state index contributed by atoms with van der Waals surface area (Å²) < 4.78 is 29.4. The van der Waals surface area contributed by atoms with E-state index in [1.54, 1.807) is 33.3 Å². The molecule has 2 aromatic carbocycles. The minimum Gasteiger partial charge on any atom is -0.496 e. The van der Waals surface area contributed by atoms with Gasteiger partial charge in [-0.15, -0.1) is 0 Å². The number of benzene rings is 2. The highest BCUT2D eigenvalue weighted by molar-refractivity contribution is 5.99. The fraction of sp³-hybridized carbons (Fsp3) is 0.300. The third-order valence-corrected chi connectivity index (χ3v) is 3.84. The summed E-state index contributed by atoms with van der Waals surface area (Å²) in [6, 6.07) is 11.4. The summed E-state index contributed by atoms with van der Waals surface area (Å²) in [6.45, 7) is 3.68. The lowest BCUT2D eigenvalue weighted by molar-refractivity contribution is -0.127. The average molecular weight is 374 g/mol. The van der Waals surface area contributed by atoms with E-state index in [0.29, 0.717) is 18.1 Å². The molecule has 6 nitrogen and oxygen atoms in total. The van der Waals surface area contributed by atoms with Gasteiger partial charge in [-0.3, -0.25) is 4.79 Å². The Balaban J connectivity index is 2.04. The van der Waals surface area contributed by atoms with Crippen molar-refractivity contribution in [2.45, 2.75) is 26.6 Å². The number of hydrogen-bond donors (Lipinski definition) is 1. The molecule has 0 radical (unpaired) electrons. The molecule has 0 bridgehead atoms. The number of ether oxygens (including phenoxy) is 3. The van der Waals surface area contributed by atoms with Gasteiger partial charge in [0.25, 0.3) is 5.91 Å². The van der Waals surface area contributed by atoms with Crippen molar-refractivity contribution in [1.29, 1.82) is 0 Å². The SMILES string of the molecule is COCc1cc(/C(C)=N\NC(=O)[C@H](C)Oc2ccccc2F)ccc1OC. The van der Waals surface area contributed by atoms with Crippen LogP contribution in [0.4, 0.5) is 4.39 Å². The van der Waals surface area contributed by atoms with E-state index in [2.05, 4.69) is 10.5 Å². The number of nitrogens with one attached hydrogen (secondary N) is 1. The van der Waals surface area contributed by atoms with Gasteiger partial charge in [0.2, 0.25) is 0 Å². The van der Waals surface area contributed by atoms with Crippen LogP contribution in [0.15, 0.2) is 47.6 Å². The molecule has 0 saturated carbocycles. The monoisotopic (exact) mass is 374 g/mol. The molecule has 0 unspecified atom stereocenters. The Hall–Kier alpha value is -2.93. The van der Waals surface area contributed by atoms with Crippen LogP contribution >= 0.6 is 0 Å². The van der Waals surface area contributed by atoms with Gasteiger partial charge in [-0.2, -0.15) is 5.10 Å². The Labute approximate surface area is 157 Å². The number of para-hydroxylation sites is 1. The fourth-order valence-corrected chi connectivity index (χ4v) is 2.35. The van der Waals surface area contributed by atoms with Crippen molar-refractivity contribution in [3.8, 4) is 11.5 Å². The molecule has 144 valence electrons. The van der Waals surface area contributed by atoms with Crippen LogP contribution in [-0.2, 0) is 16.1 Å². The first-order chi connectivity index (χ1) is 13.0. The molecule has 0 aliphatic carbocycles. The summed E-state index contributed by atoms with van der Waals surface area (Å²) >= 11 is 0. The zero-order chi connectivity index (χ0) is 19.8. The normalized spacial score (nSPS) is 12.4. The highest BCUT2D eigenvalue weighted by Crippen LogP contribution is 2.21. The largest absolute Gasteiger partial charge is 0.496 e. The van der Waals surface area contributed by atoms with Gasteiger partial charge in [0.1, 0.15) is 5.75 Å². The third kappa shape index (κ3) is 5.52. The molecular weight excluding hydrogens is 351 g/mol. The van der Waals surface area contributed by atoms with Crippen LogP contribution in [0, 0.1) is 5.82 Å². The van der Waals surface area contributed by atoms with Gasteiger partial charge in [-0.25, -0.2) is 9.82 Å². The van der Waals surface area contributed by atoms with E-state index in [9.17, 15) is 9.18 Å². The van der Waals surface area contributed by atoms with Crippen molar-refractivity contribution >= 4 is 11.6 Å². The number of hydrogen-bond acceptors (Lipinski definition) is 5. The number of carbonyl (C=O) groups excluding carboxylic acids is 1. The first kappa shape index (κ1) is 20.4. The number of hydrazone groups is 1.